The molecule has 0 saturated heterocycles. The third-order valence-corrected chi connectivity index (χ3v) is 7.68. The molecule has 3 aromatic rings. The Hall–Kier alpha value is -3.87. The van der Waals surface area contributed by atoms with Gasteiger partial charge in [-0.15, -0.1) is 0 Å². The lowest BCUT2D eigenvalue weighted by atomic mass is 10.0. The number of nitrogens with two attached hydrogens (primary N) is 1. The third-order valence-electron chi connectivity index (χ3n) is 7.02. The zero-order valence-electron chi connectivity index (χ0n) is 24.6. The van der Waals surface area contributed by atoms with Gasteiger partial charge in [-0.1, -0.05) is 43.1 Å². The molecule has 1 aliphatic carbocycles. The minimum absolute atomic E-state index is 0.00719. The van der Waals surface area contributed by atoms with E-state index in [0.717, 1.165) is 25.2 Å². The van der Waals surface area contributed by atoms with Crippen LogP contribution in [0.4, 0.5) is 8.78 Å². The molecule has 14 heteroatoms. The number of carbonyl (C=O) groups is 2. The molecule has 0 amide bonds. The van der Waals surface area contributed by atoms with Crippen LogP contribution in [0, 0.1) is 17.0 Å². The topological polar surface area (TPSA) is 133 Å². The largest absolute Gasteiger partial charge is 0.619 e. The number of hydrogen-bond donors (Lipinski definition) is 1. The highest BCUT2D eigenvalue weighted by Gasteiger charge is 2.28. The zero-order chi connectivity index (χ0) is 32.8. The number of methoxy groups -OCH3 is 1. The third kappa shape index (κ3) is 9.09. The average molecular weight is 670 g/mol. The second-order valence-corrected chi connectivity index (χ2v) is 11.6. The van der Waals surface area contributed by atoms with Crippen LogP contribution in [0.25, 0.3) is 0 Å². The van der Waals surface area contributed by atoms with Crippen molar-refractivity contribution in [3.63, 3.8) is 0 Å². The maximum atomic E-state index is 13.5. The molecule has 0 spiro atoms. The molecular formula is C31H32Cl2F2N2O8. The monoisotopic (exact) mass is 668 g/mol. The predicted octanol–water partition coefficient (Wildman–Crippen LogP) is 6.06. The van der Waals surface area contributed by atoms with E-state index in [1.807, 2.05) is 0 Å². The maximum absolute atomic E-state index is 13.5. The minimum Gasteiger partial charge on any atom is -0.619 e. The Balaban J connectivity index is 1.69. The van der Waals surface area contributed by atoms with Gasteiger partial charge in [-0.2, -0.15) is 13.5 Å². The summed E-state index contributed by atoms with van der Waals surface area (Å²) in [6, 6.07) is 7.34. The summed E-state index contributed by atoms with van der Waals surface area (Å²) in [5.74, 6) is -1.51. The van der Waals surface area contributed by atoms with E-state index >= 15 is 0 Å². The molecule has 10 nitrogen and oxygen atoms in total. The van der Waals surface area contributed by atoms with Crippen LogP contribution in [0.5, 0.6) is 23.0 Å². The number of ether oxygens (including phenoxy) is 5. The standard InChI is InChI=1S/C31H32Cl2F2N2O8/c1-16(2)28(36)30(39)44-27-11-19(7-8-23(27)41-3)29(38)43-25(12-20-21(32)13-37(40)14-22(20)33)18-6-9-24(45-31(34)35)26(10-18)42-15-17-4-5-17/h6-11,13-14,16-17,25,28,31H,4-5,12,15,36H2,1-3H3/t25-,28-/m0/s1. The first-order valence-electron chi connectivity index (χ1n) is 14.0. The van der Waals surface area contributed by atoms with Gasteiger partial charge in [-0.25, -0.2) is 9.59 Å². The number of aromatic nitrogens is 1. The maximum Gasteiger partial charge on any atom is 0.387 e. The number of benzene rings is 2. The van der Waals surface area contributed by atoms with Gasteiger partial charge >= 0.3 is 18.6 Å². The van der Waals surface area contributed by atoms with Crippen LogP contribution in [0.2, 0.25) is 10.0 Å². The van der Waals surface area contributed by atoms with Crippen molar-refractivity contribution in [2.45, 2.75) is 51.9 Å². The Morgan fingerprint density at radius 2 is 1.69 bits per heavy atom. The van der Waals surface area contributed by atoms with Crippen molar-refractivity contribution in [2.24, 2.45) is 17.6 Å². The zero-order valence-corrected chi connectivity index (χ0v) is 26.1. The van der Waals surface area contributed by atoms with Gasteiger partial charge in [-0.05, 0) is 60.6 Å². The fourth-order valence-electron chi connectivity index (χ4n) is 4.19. The molecule has 1 saturated carbocycles. The van der Waals surface area contributed by atoms with Crippen molar-refractivity contribution in [3.05, 3.63) is 80.7 Å². The Labute approximate surface area is 268 Å². The molecule has 0 bridgehead atoms. The van der Waals surface area contributed by atoms with Gasteiger partial charge in [0.15, 0.2) is 35.4 Å². The summed E-state index contributed by atoms with van der Waals surface area (Å²) in [6.07, 6.45) is 2.88. The summed E-state index contributed by atoms with van der Waals surface area (Å²) in [4.78, 5) is 26.1. The van der Waals surface area contributed by atoms with Crippen LogP contribution in [-0.2, 0) is 16.0 Å². The Morgan fingerprint density at radius 1 is 1.02 bits per heavy atom. The number of nitrogens with zero attached hydrogens (tertiary/aromatic N) is 1. The van der Waals surface area contributed by atoms with Gasteiger partial charge in [-0.3, -0.25) is 0 Å². The molecule has 2 N–H and O–H groups in total. The molecule has 4 rings (SSSR count). The van der Waals surface area contributed by atoms with E-state index in [1.54, 1.807) is 13.8 Å². The first-order chi connectivity index (χ1) is 21.4. The molecule has 0 aliphatic heterocycles. The fourth-order valence-corrected chi connectivity index (χ4v) is 4.79. The Morgan fingerprint density at radius 3 is 2.29 bits per heavy atom. The van der Waals surface area contributed by atoms with E-state index in [0.29, 0.717) is 28.4 Å². The first-order valence-corrected chi connectivity index (χ1v) is 14.8. The summed E-state index contributed by atoms with van der Waals surface area (Å²) in [6.45, 7) is 0.712. The first kappa shape index (κ1) is 34.0. The molecule has 242 valence electrons. The van der Waals surface area contributed by atoms with Crippen LogP contribution in [0.3, 0.4) is 0 Å². The van der Waals surface area contributed by atoms with E-state index in [2.05, 4.69) is 4.74 Å². The molecule has 1 aliphatic rings. The average Bonchev–Trinajstić information content (AvgIpc) is 3.81. The summed E-state index contributed by atoms with van der Waals surface area (Å²) < 4.78 is 53.8. The summed E-state index contributed by atoms with van der Waals surface area (Å²) in [7, 11) is 1.37. The molecule has 1 heterocycles. The minimum atomic E-state index is -3.10. The molecule has 1 aromatic heterocycles. The highest BCUT2D eigenvalue weighted by molar-refractivity contribution is 6.35. The van der Waals surface area contributed by atoms with Crippen LogP contribution in [-0.4, -0.2) is 38.3 Å². The molecule has 0 unspecified atom stereocenters. The van der Waals surface area contributed by atoms with E-state index in [-0.39, 0.29) is 50.9 Å². The number of rotatable bonds is 14. The van der Waals surface area contributed by atoms with Crippen LogP contribution < -0.4 is 29.4 Å². The SMILES string of the molecule is COc1ccc(C(=O)O[C@@H](Cc2c(Cl)c[n+]([O-])cc2Cl)c2ccc(OC(F)F)c(OCC3CC3)c2)cc1OC(=O)[C@@H](N)C(C)C. The van der Waals surface area contributed by atoms with Crippen molar-refractivity contribution in [2.75, 3.05) is 13.7 Å². The number of hydrogen-bond acceptors (Lipinski definition) is 9. The van der Waals surface area contributed by atoms with Gasteiger partial charge in [0, 0.05) is 12.0 Å². The predicted molar refractivity (Wildman–Crippen MR) is 160 cm³/mol. The second kappa shape index (κ2) is 14.9. The van der Waals surface area contributed by atoms with Crippen molar-refractivity contribution >= 4 is 35.1 Å². The van der Waals surface area contributed by atoms with Crippen molar-refractivity contribution < 1.29 is 46.8 Å². The lowest BCUT2D eigenvalue weighted by molar-refractivity contribution is -0.605. The second-order valence-electron chi connectivity index (χ2n) is 10.8. The summed E-state index contributed by atoms with van der Waals surface area (Å²) in [5, 5.41) is 11.9. The smallest absolute Gasteiger partial charge is 0.387 e. The van der Waals surface area contributed by atoms with Crippen LogP contribution in [0.15, 0.2) is 48.8 Å². The number of halogens is 4. The van der Waals surface area contributed by atoms with Crippen molar-refractivity contribution in [1.82, 2.24) is 0 Å². The number of esters is 2. The lowest BCUT2D eigenvalue weighted by Gasteiger charge is -2.22. The number of carbonyl (C=O) groups excluding carboxylic acids is 2. The van der Waals surface area contributed by atoms with E-state index in [4.69, 9.17) is 47.9 Å². The number of alkyl halides is 2. The van der Waals surface area contributed by atoms with E-state index in [9.17, 15) is 23.6 Å². The van der Waals surface area contributed by atoms with Crippen molar-refractivity contribution in [1.29, 1.82) is 0 Å². The van der Waals surface area contributed by atoms with Gasteiger partial charge in [0.25, 0.3) is 0 Å². The van der Waals surface area contributed by atoms with Gasteiger partial charge < -0.3 is 34.6 Å². The molecule has 2 aromatic carbocycles. The summed E-state index contributed by atoms with van der Waals surface area (Å²) in [5.41, 5.74) is 6.54. The normalized spacial score (nSPS) is 14.2. The quantitative estimate of drug-likeness (QED) is 0.0942. The number of pyridine rings is 1. The Kier molecular flexibility index (Phi) is 11.3. The van der Waals surface area contributed by atoms with Crippen LogP contribution >= 0.6 is 23.2 Å². The Bertz CT molecular complexity index is 1510. The van der Waals surface area contributed by atoms with Gasteiger partial charge in [0.1, 0.15) is 22.2 Å². The lowest BCUT2D eigenvalue weighted by Crippen LogP contribution is -2.38. The molecule has 45 heavy (non-hydrogen) atoms. The molecule has 1 fully saturated rings. The molecular weight excluding hydrogens is 637 g/mol. The summed E-state index contributed by atoms with van der Waals surface area (Å²) >= 11 is 12.7. The molecule has 0 radical (unpaired) electrons. The van der Waals surface area contributed by atoms with E-state index < -0.39 is 30.7 Å². The van der Waals surface area contributed by atoms with Crippen molar-refractivity contribution in [3.8, 4) is 23.0 Å². The highest BCUT2D eigenvalue weighted by atomic mass is 35.5. The van der Waals surface area contributed by atoms with E-state index in [1.165, 1.54) is 43.5 Å². The highest BCUT2D eigenvalue weighted by Crippen LogP contribution is 2.38. The van der Waals surface area contributed by atoms with Gasteiger partial charge in [0.2, 0.25) is 0 Å². The van der Waals surface area contributed by atoms with Gasteiger partial charge in [0.05, 0.1) is 19.3 Å². The fraction of sp³-hybridized carbons (Fsp3) is 0.387. The molecule has 2 atom stereocenters. The van der Waals surface area contributed by atoms with Crippen LogP contribution in [0.1, 0.15) is 54.3 Å².